The predicted molar refractivity (Wildman–Crippen MR) is 90.6 cm³/mol. The van der Waals surface area contributed by atoms with Gasteiger partial charge < -0.3 is 14.2 Å². The third-order valence-corrected chi connectivity index (χ3v) is 4.12. The van der Waals surface area contributed by atoms with Crippen LogP contribution in [0.5, 0.6) is 5.75 Å². The first-order valence-corrected chi connectivity index (χ1v) is 7.83. The Morgan fingerprint density at radius 3 is 2.52 bits per heavy atom. The van der Waals surface area contributed by atoms with E-state index in [4.69, 9.17) is 25.8 Å². The Hall–Kier alpha value is -2.60. The monoisotopic (exact) mass is 363 g/mol. The molecule has 5 nitrogen and oxygen atoms in total. The topological polar surface area (TPSA) is 57.1 Å². The minimum atomic E-state index is -0.899. The summed E-state index contributed by atoms with van der Waals surface area (Å²) >= 11 is 5.84. The number of carbonyl (C=O) groups excluding carboxylic acids is 1. The van der Waals surface area contributed by atoms with Crippen LogP contribution in [0, 0.1) is 5.82 Å². The highest BCUT2D eigenvalue weighted by Gasteiger charge is 2.39. The molecule has 130 valence electrons. The minimum absolute atomic E-state index is 0.0531. The van der Waals surface area contributed by atoms with Crippen molar-refractivity contribution in [1.82, 2.24) is 0 Å². The minimum Gasteiger partial charge on any atom is -0.497 e. The highest BCUT2D eigenvalue weighted by molar-refractivity contribution is 6.30. The van der Waals surface area contributed by atoms with E-state index in [9.17, 15) is 9.18 Å². The van der Waals surface area contributed by atoms with Gasteiger partial charge in [0.25, 0.3) is 0 Å². The van der Waals surface area contributed by atoms with Gasteiger partial charge in [0.1, 0.15) is 11.6 Å². The first-order chi connectivity index (χ1) is 12.0. The van der Waals surface area contributed by atoms with Crippen molar-refractivity contribution >= 4 is 23.5 Å². The first kappa shape index (κ1) is 17.2. The molecule has 2 aromatic rings. The number of hydrogen-bond acceptors (Lipinski definition) is 5. The summed E-state index contributed by atoms with van der Waals surface area (Å²) < 4.78 is 29.2. The fourth-order valence-electron chi connectivity index (χ4n) is 2.52. The molecule has 0 aromatic heterocycles. The van der Waals surface area contributed by atoms with Crippen LogP contribution in [0.3, 0.4) is 0 Å². The summed E-state index contributed by atoms with van der Waals surface area (Å²) in [6.45, 7) is 0. The third kappa shape index (κ3) is 3.44. The summed E-state index contributed by atoms with van der Waals surface area (Å²) in [4.78, 5) is 16.4. The van der Waals surface area contributed by atoms with Crippen molar-refractivity contribution in [3.8, 4) is 5.75 Å². The van der Waals surface area contributed by atoms with Crippen LogP contribution in [0.15, 0.2) is 47.5 Å². The van der Waals surface area contributed by atoms with Crippen LogP contribution in [0.25, 0.3) is 0 Å². The van der Waals surface area contributed by atoms with Crippen molar-refractivity contribution in [2.45, 2.75) is 12.1 Å². The van der Waals surface area contributed by atoms with Crippen molar-refractivity contribution in [3.63, 3.8) is 0 Å². The Labute approximate surface area is 149 Å². The van der Waals surface area contributed by atoms with E-state index in [-0.39, 0.29) is 5.02 Å². The van der Waals surface area contributed by atoms with Crippen molar-refractivity contribution in [2.75, 3.05) is 14.2 Å². The quantitative estimate of drug-likeness (QED) is 0.779. The molecule has 0 aliphatic carbocycles. The summed E-state index contributed by atoms with van der Waals surface area (Å²) in [6, 6.07) is 10.3. The maximum Gasteiger partial charge on any atom is 0.335 e. The number of aliphatic imine (C=N–C) groups is 1. The lowest BCUT2D eigenvalue weighted by molar-refractivity contribution is -0.143. The van der Waals surface area contributed by atoms with Gasteiger partial charge in [0.2, 0.25) is 5.90 Å². The SMILES string of the molecule is COC(=O)[C@H]1N=C(c2ccc(OC)cc2)O[C@H]1c1ccc(F)c(Cl)c1. The van der Waals surface area contributed by atoms with E-state index < -0.39 is 23.9 Å². The number of hydrogen-bond donors (Lipinski definition) is 0. The van der Waals surface area contributed by atoms with Crippen LogP contribution in [0.4, 0.5) is 4.39 Å². The number of esters is 1. The lowest BCUT2D eigenvalue weighted by Crippen LogP contribution is -2.25. The molecule has 0 radical (unpaired) electrons. The summed E-state index contributed by atoms with van der Waals surface area (Å²) in [5.74, 6) is -0.111. The number of halogens is 2. The largest absolute Gasteiger partial charge is 0.497 e. The number of methoxy groups -OCH3 is 2. The molecule has 0 bridgehead atoms. The van der Waals surface area contributed by atoms with Crippen LogP contribution < -0.4 is 4.74 Å². The molecule has 0 saturated heterocycles. The molecular weight excluding hydrogens is 349 g/mol. The zero-order valence-corrected chi connectivity index (χ0v) is 14.3. The van der Waals surface area contributed by atoms with E-state index in [0.717, 1.165) is 0 Å². The highest BCUT2D eigenvalue weighted by Crippen LogP contribution is 2.33. The normalized spacial score (nSPS) is 19.1. The maximum absolute atomic E-state index is 13.4. The van der Waals surface area contributed by atoms with E-state index in [1.54, 1.807) is 31.4 Å². The Bertz CT molecular complexity index is 822. The van der Waals surface area contributed by atoms with Crippen LogP contribution in [0.2, 0.25) is 5.02 Å². The van der Waals surface area contributed by atoms with Gasteiger partial charge in [0, 0.05) is 5.56 Å². The average Bonchev–Trinajstić information content (AvgIpc) is 3.08. The number of carbonyl (C=O) groups is 1. The predicted octanol–water partition coefficient (Wildman–Crippen LogP) is 3.55. The number of nitrogens with zero attached hydrogens (tertiary/aromatic N) is 1. The van der Waals surface area contributed by atoms with Gasteiger partial charge in [-0.05, 0) is 42.0 Å². The molecule has 0 unspecified atom stereocenters. The Kier molecular flexibility index (Phi) is 4.90. The molecule has 0 spiro atoms. The molecule has 3 rings (SSSR count). The molecular formula is C18H15ClFNO4. The maximum atomic E-state index is 13.4. The molecule has 7 heteroatoms. The number of ether oxygens (including phenoxy) is 3. The van der Waals surface area contributed by atoms with E-state index in [2.05, 4.69) is 4.99 Å². The van der Waals surface area contributed by atoms with Crippen LogP contribution in [-0.4, -0.2) is 32.1 Å². The van der Waals surface area contributed by atoms with Crippen LogP contribution >= 0.6 is 11.6 Å². The summed E-state index contributed by atoms with van der Waals surface area (Å²) in [6.07, 6.45) is -0.748. The van der Waals surface area contributed by atoms with Gasteiger partial charge in [0.05, 0.1) is 19.2 Å². The molecule has 1 aliphatic heterocycles. The molecule has 2 atom stereocenters. The van der Waals surface area contributed by atoms with Gasteiger partial charge in [-0.1, -0.05) is 17.7 Å². The Morgan fingerprint density at radius 2 is 1.92 bits per heavy atom. The van der Waals surface area contributed by atoms with Crippen molar-refractivity contribution < 1.29 is 23.4 Å². The number of rotatable bonds is 4. The zero-order chi connectivity index (χ0) is 18.0. The fraction of sp³-hybridized carbons (Fsp3) is 0.222. The summed E-state index contributed by atoms with van der Waals surface area (Å²) in [5.41, 5.74) is 1.22. The van der Waals surface area contributed by atoms with Gasteiger partial charge in [0.15, 0.2) is 12.1 Å². The summed E-state index contributed by atoms with van der Waals surface area (Å²) in [5, 5.41) is -0.0531. The van der Waals surface area contributed by atoms with Gasteiger partial charge >= 0.3 is 5.97 Å². The van der Waals surface area contributed by atoms with Crippen molar-refractivity contribution in [2.24, 2.45) is 4.99 Å². The molecule has 25 heavy (non-hydrogen) atoms. The van der Waals surface area contributed by atoms with E-state index >= 15 is 0 Å². The molecule has 1 heterocycles. The second-order valence-electron chi connectivity index (χ2n) is 5.34. The summed E-state index contributed by atoms with van der Waals surface area (Å²) in [7, 11) is 2.85. The first-order valence-electron chi connectivity index (χ1n) is 7.45. The Balaban J connectivity index is 1.94. The van der Waals surface area contributed by atoms with Crippen LogP contribution in [-0.2, 0) is 14.3 Å². The van der Waals surface area contributed by atoms with Gasteiger partial charge in [-0.15, -0.1) is 0 Å². The smallest absolute Gasteiger partial charge is 0.335 e. The Morgan fingerprint density at radius 1 is 1.20 bits per heavy atom. The van der Waals surface area contributed by atoms with Crippen molar-refractivity contribution in [3.05, 3.63) is 64.4 Å². The fourth-order valence-corrected chi connectivity index (χ4v) is 2.71. The van der Waals surface area contributed by atoms with E-state index in [1.165, 1.54) is 25.3 Å². The zero-order valence-electron chi connectivity index (χ0n) is 13.5. The molecule has 1 aliphatic rings. The second kappa shape index (κ2) is 7.11. The third-order valence-electron chi connectivity index (χ3n) is 3.83. The van der Waals surface area contributed by atoms with E-state index in [1.807, 2.05) is 0 Å². The molecule has 0 saturated carbocycles. The molecule has 0 fully saturated rings. The van der Waals surface area contributed by atoms with Gasteiger partial charge in [-0.3, -0.25) is 0 Å². The lowest BCUT2D eigenvalue weighted by Gasteiger charge is -2.17. The highest BCUT2D eigenvalue weighted by atomic mass is 35.5. The van der Waals surface area contributed by atoms with Gasteiger partial charge in [-0.25, -0.2) is 14.2 Å². The standard InChI is InChI=1S/C18H15ClFNO4/c1-23-12-6-3-10(4-7-12)17-21-15(18(22)24-2)16(25-17)11-5-8-14(20)13(19)9-11/h3-9,15-16H,1-2H3/t15-,16-/m0/s1. The molecule has 0 amide bonds. The number of benzene rings is 2. The van der Waals surface area contributed by atoms with Gasteiger partial charge in [-0.2, -0.15) is 0 Å². The molecule has 2 aromatic carbocycles. The average molecular weight is 364 g/mol. The lowest BCUT2D eigenvalue weighted by atomic mass is 10.0. The molecule has 0 N–H and O–H groups in total. The van der Waals surface area contributed by atoms with Crippen LogP contribution in [0.1, 0.15) is 17.2 Å². The van der Waals surface area contributed by atoms with E-state index in [0.29, 0.717) is 22.8 Å². The second-order valence-corrected chi connectivity index (χ2v) is 5.75. The van der Waals surface area contributed by atoms with Crippen molar-refractivity contribution in [1.29, 1.82) is 0 Å².